The largest absolute Gasteiger partial charge is 0.504 e. The van der Waals surface area contributed by atoms with E-state index in [-0.39, 0.29) is 35.8 Å². The van der Waals surface area contributed by atoms with Gasteiger partial charge in [-0.1, -0.05) is 12.1 Å². The third-order valence-electron chi connectivity index (χ3n) is 3.10. The second-order valence-corrected chi connectivity index (χ2v) is 5.34. The zero-order valence-electron chi connectivity index (χ0n) is 14.9. The summed E-state index contributed by atoms with van der Waals surface area (Å²) in [5.74, 6) is -2.62. The Balaban J connectivity index is 0.000000394. The first-order chi connectivity index (χ1) is 13.1. The number of hydrogen-bond donors (Lipinski definition) is 8. The molecule has 0 saturated heterocycles. The third kappa shape index (κ3) is 10.5. The maximum atomic E-state index is 9.64. The van der Waals surface area contributed by atoms with Crippen molar-refractivity contribution in [3.8, 4) is 23.0 Å². The highest BCUT2D eigenvalue weighted by Crippen LogP contribution is 2.25. The van der Waals surface area contributed by atoms with Gasteiger partial charge in [-0.25, -0.2) is 0 Å². The second kappa shape index (κ2) is 12.8. The molecule has 0 aliphatic rings. The second-order valence-electron chi connectivity index (χ2n) is 5.34. The number of carboxylic acids is 2. The van der Waals surface area contributed by atoms with Gasteiger partial charge in [0.25, 0.3) is 0 Å². The van der Waals surface area contributed by atoms with Gasteiger partial charge in [-0.2, -0.15) is 0 Å². The smallest absolute Gasteiger partial charge is 0.303 e. The lowest BCUT2D eigenvalue weighted by atomic mass is 10.2. The molecular weight excluding hydrogens is 372 g/mol. The molecule has 28 heavy (non-hydrogen) atoms. The van der Waals surface area contributed by atoms with Crippen molar-refractivity contribution in [3.63, 3.8) is 0 Å². The van der Waals surface area contributed by atoms with Crippen molar-refractivity contribution in [1.82, 2.24) is 0 Å². The zero-order chi connectivity index (χ0) is 21.7. The number of rotatable bonds is 5. The van der Waals surface area contributed by atoms with Gasteiger partial charge in [0.15, 0.2) is 23.0 Å². The summed E-state index contributed by atoms with van der Waals surface area (Å²) in [5.41, 5.74) is 12.2. The Morgan fingerprint density at radius 1 is 0.643 bits per heavy atom. The summed E-state index contributed by atoms with van der Waals surface area (Å²) in [5, 5.41) is 51.3. The first-order valence-electron chi connectivity index (χ1n) is 7.96. The number of carboxylic acid groups (broad SMARTS) is 2. The highest BCUT2D eigenvalue weighted by Gasteiger charge is 2.00. The van der Waals surface area contributed by atoms with E-state index in [2.05, 4.69) is 0 Å². The minimum atomic E-state index is -1.08. The first kappa shape index (κ1) is 24.5. The van der Waals surface area contributed by atoms with Crippen molar-refractivity contribution in [3.05, 3.63) is 47.5 Å². The fourth-order valence-corrected chi connectivity index (χ4v) is 1.61. The van der Waals surface area contributed by atoms with E-state index in [1.807, 2.05) is 0 Å². The van der Waals surface area contributed by atoms with Gasteiger partial charge in [-0.3, -0.25) is 9.59 Å². The molecule has 2 aromatic carbocycles. The number of hydrogen-bond acceptors (Lipinski definition) is 8. The summed E-state index contributed by atoms with van der Waals surface area (Å²) in [7, 11) is 0. The van der Waals surface area contributed by atoms with Crippen LogP contribution in [0.4, 0.5) is 0 Å². The van der Waals surface area contributed by atoms with E-state index in [1.54, 1.807) is 12.1 Å². The van der Waals surface area contributed by atoms with Gasteiger partial charge in [-0.05, 0) is 35.4 Å². The molecule has 0 aliphatic carbocycles. The maximum absolute atomic E-state index is 9.64. The Bertz CT molecular complexity index is 715. The molecular formula is C18H24N2O8. The number of carbonyl (C=O) groups is 2. The predicted molar refractivity (Wildman–Crippen MR) is 99.8 cm³/mol. The van der Waals surface area contributed by atoms with Crippen molar-refractivity contribution in [1.29, 1.82) is 0 Å². The summed E-state index contributed by atoms with van der Waals surface area (Å²) in [6.07, 6.45) is -0.593. The van der Waals surface area contributed by atoms with Crippen LogP contribution in [-0.4, -0.2) is 42.6 Å². The number of aromatic hydroxyl groups is 4. The summed E-state index contributed by atoms with van der Waals surface area (Å²) >= 11 is 0. The summed E-state index contributed by atoms with van der Waals surface area (Å²) in [6, 6.07) is 9.03. The van der Waals surface area contributed by atoms with Crippen molar-refractivity contribution in [2.45, 2.75) is 25.9 Å². The highest BCUT2D eigenvalue weighted by atomic mass is 16.4. The first-order valence-corrected chi connectivity index (χ1v) is 7.96. The van der Waals surface area contributed by atoms with E-state index in [0.717, 1.165) is 11.1 Å². The van der Waals surface area contributed by atoms with Crippen LogP contribution in [0.3, 0.4) is 0 Å². The minimum Gasteiger partial charge on any atom is -0.504 e. The molecule has 0 aromatic heterocycles. The Morgan fingerprint density at radius 3 is 1.18 bits per heavy atom. The molecule has 0 heterocycles. The molecule has 0 saturated carbocycles. The molecule has 0 atom stereocenters. The zero-order valence-corrected chi connectivity index (χ0v) is 14.9. The van der Waals surface area contributed by atoms with E-state index in [0.29, 0.717) is 13.1 Å². The van der Waals surface area contributed by atoms with Crippen molar-refractivity contribution in [2.24, 2.45) is 11.5 Å². The maximum Gasteiger partial charge on any atom is 0.303 e. The average molecular weight is 396 g/mol. The normalized spacial score (nSPS) is 9.36. The molecule has 154 valence electrons. The summed E-state index contributed by atoms with van der Waals surface area (Å²) < 4.78 is 0. The van der Waals surface area contributed by atoms with Crippen LogP contribution in [-0.2, 0) is 22.7 Å². The van der Waals surface area contributed by atoms with Gasteiger partial charge in [0.05, 0.1) is 12.8 Å². The van der Waals surface area contributed by atoms with Crippen LogP contribution in [0.5, 0.6) is 23.0 Å². The SMILES string of the molecule is NCc1ccc(O)c(O)c1.NCc1ccc(O)c(O)c1.O=C(O)CCC(=O)O. The van der Waals surface area contributed by atoms with E-state index in [9.17, 15) is 9.59 Å². The van der Waals surface area contributed by atoms with Crippen LogP contribution in [0.25, 0.3) is 0 Å². The number of nitrogens with two attached hydrogens (primary N) is 2. The number of phenolic OH excluding ortho intramolecular Hbond substituents is 4. The van der Waals surface area contributed by atoms with Gasteiger partial charge in [-0.15, -0.1) is 0 Å². The molecule has 2 aromatic rings. The molecule has 0 spiro atoms. The van der Waals surface area contributed by atoms with E-state index in [4.69, 9.17) is 42.1 Å². The lowest BCUT2D eigenvalue weighted by molar-refractivity contribution is -0.143. The summed E-state index contributed by atoms with van der Waals surface area (Å²) in [6.45, 7) is 0.738. The molecule has 0 fully saturated rings. The van der Waals surface area contributed by atoms with Gasteiger partial charge in [0, 0.05) is 13.1 Å². The average Bonchev–Trinajstić information content (AvgIpc) is 2.65. The molecule has 10 N–H and O–H groups in total. The standard InChI is InChI=1S/2C7H9NO2.C4H6O4/c2*8-4-5-1-2-6(9)7(10)3-5;5-3(6)1-2-4(7)8/h2*1-3,9-10H,4,8H2;1-2H2,(H,5,6)(H,7,8). The van der Waals surface area contributed by atoms with Gasteiger partial charge in [0.1, 0.15) is 0 Å². The number of benzene rings is 2. The molecule has 0 amide bonds. The molecule has 0 bridgehead atoms. The van der Waals surface area contributed by atoms with E-state index >= 15 is 0 Å². The molecule has 10 heteroatoms. The summed E-state index contributed by atoms with van der Waals surface area (Å²) in [4.78, 5) is 19.3. The van der Waals surface area contributed by atoms with E-state index in [1.165, 1.54) is 24.3 Å². The fourth-order valence-electron chi connectivity index (χ4n) is 1.61. The van der Waals surface area contributed by atoms with Crippen molar-refractivity contribution < 1.29 is 40.2 Å². The van der Waals surface area contributed by atoms with Gasteiger partial charge in [0.2, 0.25) is 0 Å². The van der Waals surface area contributed by atoms with Crippen LogP contribution in [0.15, 0.2) is 36.4 Å². The monoisotopic (exact) mass is 396 g/mol. The predicted octanol–water partition coefficient (Wildman–Crippen LogP) is 1.05. The quantitative estimate of drug-likeness (QED) is 0.337. The molecule has 0 aliphatic heterocycles. The van der Waals surface area contributed by atoms with Crippen LogP contribution in [0.1, 0.15) is 24.0 Å². The van der Waals surface area contributed by atoms with Crippen LogP contribution in [0, 0.1) is 0 Å². The third-order valence-corrected chi connectivity index (χ3v) is 3.10. The van der Waals surface area contributed by atoms with E-state index < -0.39 is 11.9 Å². The van der Waals surface area contributed by atoms with Crippen molar-refractivity contribution in [2.75, 3.05) is 0 Å². The lowest BCUT2D eigenvalue weighted by Gasteiger charge is -1.98. The lowest BCUT2D eigenvalue weighted by Crippen LogP contribution is -2.00. The number of aliphatic carboxylic acids is 2. The Kier molecular flexibility index (Phi) is 11.2. The molecule has 2 rings (SSSR count). The highest BCUT2D eigenvalue weighted by molar-refractivity contribution is 5.75. The molecule has 0 unspecified atom stereocenters. The van der Waals surface area contributed by atoms with Crippen LogP contribution in [0.2, 0.25) is 0 Å². The topological polar surface area (TPSA) is 208 Å². The Morgan fingerprint density at radius 2 is 0.964 bits per heavy atom. The number of phenols is 4. The fraction of sp³-hybridized carbons (Fsp3) is 0.222. The van der Waals surface area contributed by atoms with Gasteiger partial charge >= 0.3 is 11.9 Å². The Labute approximate surface area is 160 Å². The van der Waals surface area contributed by atoms with Crippen molar-refractivity contribution >= 4 is 11.9 Å². The van der Waals surface area contributed by atoms with Crippen LogP contribution < -0.4 is 11.5 Å². The molecule has 10 nitrogen and oxygen atoms in total. The molecule has 0 radical (unpaired) electrons. The Hall–Kier alpha value is -3.50. The minimum absolute atomic E-state index is 0.114. The van der Waals surface area contributed by atoms with Gasteiger partial charge < -0.3 is 42.1 Å². The van der Waals surface area contributed by atoms with Crippen LogP contribution >= 0.6 is 0 Å².